The van der Waals surface area contributed by atoms with E-state index in [4.69, 9.17) is 0 Å². The molecule has 4 rings (SSSR count). The number of anilines is 1. The molecule has 0 aliphatic carbocycles. The maximum Gasteiger partial charge on any atom is 0.266 e. The molecular formula is C17H19N7O2S. The van der Waals surface area contributed by atoms with Crippen LogP contribution in [0.25, 0.3) is 0 Å². The molecule has 0 unspecified atom stereocenters. The van der Waals surface area contributed by atoms with E-state index in [1.54, 1.807) is 23.3 Å². The number of carbonyl (C=O) groups is 2. The lowest BCUT2D eigenvalue weighted by atomic mass is 10.2. The smallest absolute Gasteiger partial charge is 0.266 e. The summed E-state index contributed by atoms with van der Waals surface area (Å²) in [5.74, 6) is 0.475. The van der Waals surface area contributed by atoms with Gasteiger partial charge in [-0.15, -0.1) is 11.3 Å². The maximum absolute atomic E-state index is 12.7. The first kappa shape index (κ1) is 17.4. The molecule has 0 bridgehead atoms. The molecule has 3 aromatic heterocycles. The minimum Gasteiger partial charge on any atom is -0.335 e. The minimum absolute atomic E-state index is 0.0342. The molecule has 3 aromatic rings. The van der Waals surface area contributed by atoms with Crippen molar-refractivity contribution in [3.63, 3.8) is 0 Å². The summed E-state index contributed by atoms with van der Waals surface area (Å²) in [5.41, 5.74) is 0. The van der Waals surface area contributed by atoms with Gasteiger partial charge in [-0.3, -0.25) is 19.4 Å². The van der Waals surface area contributed by atoms with Gasteiger partial charge in [0.25, 0.3) is 5.91 Å². The van der Waals surface area contributed by atoms with Crippen LogP contribution in [0.15, 0.2) is 37.1 Å². The van der Waals surface area contributed by atoms with Crippen LogP contribution in [-0.4, -0.2) is 48.2 Å². The lowest BCUT2D eigenvalue weighted by Crippen LogP contribution is -2.30. The van der Waals surface area contributed by atoms with Gasteiger partial charge in [0.1, 0.15) is 18.5 Å². The van der Waals surface area contributed by atoms with E-state index in [-0.39, 0.29) is 17.9 Å². The molecular weight excluding hydrogens is 366 g/mol. The number of rotatable bonds is 6. The maximum atomic E-state index is 12.7. The van der Waals surface area contributed by atoms with Gasteiger partial charge in [-0.2, -0.15) is 10.2 Å². The topological polar surface area (TPSA) is 109 Å². The van der Waals surface area contributed by atoms with Gasteiger partial charge in [-0.05, 0) is 25.0 Å². The first-order valence-electron chi connectivity index (χ1n) is 8.73. The molecule has 0 spiro atoms. The van der Waals surface area contributed by atoms with Crippen molar-refractivity contribution in [1.82, 2.24) is 29.9 Å². The molecule has 140 valence electrons. The molecule has 2 amide bonds. The van der Waals surface area contributed by atoms with Crippen LogP contribution in [0.2, 0.25) is 0 Å². The van der Waals surface area contributed by atoms with Crippen LogP contribution in [0.5, 0.6) is 0 Å². The Labute approximate surface area is 159 Å². The van der Waals surface area contributed by atoms with Crippen LogP contribution in [0.4, 0.5) is 5.82 Å². The van der Waals surface area contributed by atoms with Gasteiger partial charge in [-0.1, -0.05) is 0 Å². The highest BCUT2D eigenvalue weighted by Gasteiger charge is 2.31. The second-order valence-electron chi connectivity index (χ2n) is 6.28. The van der Waals surface area contributed by atoms with Crippen LogP contribution < -0.4 is 5.32 Å². The number of nitrogens with zero attached hydrogens (tertiary/aromatic N) is 5. The van der Waals surface area contributed by atoms with Crippen molar-refractivity contribution in [2.75, 3.05) is 11.9 Å². The Hall–Kier alpha value is -3.01. The van der Waals surface area contributed by atoms with E-state index in [2.05, 4.69) is 25.6 Å². The van der Waals surface area contributed by atoms with Crippen molar-refractivity contribution in [3.8, 4) is 0 Å². The molecule has 1 aliphatic rings. The van der Waals surface area contributed by atoms with Gasteiger partial charge in [0.2, 0.25) is 5.91 Å². The molecule has 1 atom stereocenters. The van der Waals surface area contributed by atoms with Crippen LogP contribution >= 0.6 is 11.3 Å². The highest BCUT2D eigenvalue weighted by atomic mass is 32.1. The first-order chi connectivity index (χ1) is 13.2. The molecule has 0 saturated carbocycles. The average Bonchev–Trinajstić information content (AvgIpc) is 3.47. The SMILES string of the molecule is O=C(Nc1ccn[nH]1)c1ccc([C@H]2CCCN2C(=O)CCn2cncn2)s1. The lowest BCUT2D eigenvalue weighted by molar-refractivity contribution is -0.132. The van der Waals surface area contributed by atoms with Gasteiger partial charge < -0.3 is 10.2 Å². The van der Waals surface area contributed by atoms with E-state index in [0.717, 1.165) is 24.3 Å². The van der Waals surface area contributed by atoms with Gasteiger partial charge in [0.15, 0.2) is 0 Å². The van der Waals surface area contributed by atoms with Crippen molar-refractivity contribution in [3.05, 3.63) is 46.8 Å². The van der Waals surface area contributed by atoms with Crippen molar-refractivity contribution < 1.29 is 9.59 Å². The number of hydrogen-bond acceptors (Lipinski definition) is 6. The Morgan fingerprint density at radius 2 is 2.26 bits per heavy atom. The summed E-state index contributed by atoms with van der Waals surface area (Å²) in [4.78, 5) is 32.5. The fourth-order valence-corrected chi connectivity index (χ4v) is 4.28. The zero-order valence-corrected chi connectivity index (χ0v) is 15.4. The highest BCUT2D eigenvalue weighted by molar-refractivity contribution is 7.14. The summed E-state index contributed by atoms with van der Waals surface area (Å²) < 4.78 is 1.66. The number of carbonyl (C=O) groups excluding carboxylic acids is 2. The third kappa shape index (κ3) is 3.90. The number of amides is 2. The Bertz CT molecular complexity index is 904. The van der Waals surface area contributed by atoms with E-state index < -0.39 is 0 Å². The van der Waals surface area contributed by atoms with Crippen molar-refractivity contribution in [2.45, 2.75) is 31.8 Å². The van der Waals surface area contributed by atoms with Gasteiger partial charge in [0.05, 0.1) is 23.7 Å². The summed E-state index contributed by atoms with van der Waals surface area (Å²) in [6.07, 6.45) is 6.92. The Kier molecular flexibility index (Phi) is 4.97. The van der Waals surface area contributed by atoms with E-state index >= 15 is 0 Å². The van der Waals surface area contributed by atoms with Crippen LogP contribution in [0.1, 0.15) is 39.9 Å². The quantitative estimate of drug-likeness (QED) is 0.675. The van der Waals surface area contributed by atoms with Gasteiger partial charge >= 0.3 is 0 Å². The van der Waals surface area contributed by atoms with E-state index in [0.29, 0.717) is 23.7 Å². The summed E-state index contributed by atoms with van der Waals surface area (Å²) in [6, 6.07) is 5.48. The molecule has 10 heteroatoms. The largest absolute Gasteiger partial charge is 0.335 e. The monoisotopic (exact) mass is 385 g/mol. The number of aromatic amines is 1. The lowest BCUT2D eigenvalue weighted by Gasteiger charge is -2.24. The predicted molar refractivity (Wildman–Crippen MR) is 99.2 cm³/mol. The van der Waals surface area contributed by atoms with E-state index in [9.17, 15) is 9.59 Å². The molecule has 4 heterocycles. The number of nitrogens with one attached hydrogen (secondary N) is 2. The summed E-state index contributed by atoms with van der Waals surface area (Å²) in [6.45, 7) is 1.26. The zero-order chi connectivity index (χ0) is 18.6. The number of aromatic nitrogens is 5. The van der Waals surface area contributed by atoms with Crippen molar-refractivity contribution >= 4 is 29.0 Å². The van der Waals surface area contributed by atoms with Gasteiger partial charge in [0, 0.05) is 23.9 Å². The van der Waals surface area contributed by atoms with Gasteiger partial charge in [-0.25, -0.2) is 4.98 Å². The van der Waals surface area contributed by atoms with E-state index in [1.165, 1.54) is 17.7 Å². The second kappa shape index (κ2) is 7.70. The fraction of sp³-hybridized carbons (Fsp3) is 0.353. The molecule has 27 heavy (non-hydrogen) atoms. The van der Waals surface area contributed by atoms with Crippen LogP contribution in [0, 0.1) is 0 Å². The summed E-state index contributed by atoms with van der Waals surface area (Å²) in [5, 5.41) is 13.3. The number of likely N-dealkylation sites (tertiary alicyclic amines) is 1. The number of thiophene rings is 1. The average molecular weight is 385 g/mol. The fourth-order valence-electron chi connectivity index (χ4n) is 3.23. The minimum atomic E-state index is -0.183. The third-order valence-electron chi connectivity index (χ3n) is 4.52. The highest BCUT2D eigenvalue weighted by Crippen LogP contribution is 2.36. The predicted octanol–water partition coefficient (Wildman–Crippen LogP) is 2.07. The summed E-state index contributed by atoms with van der Waals surface area (Å²) in [7, 11) is 0. The first-order valence-corrected chi connectivity index (χ1v) is 9.55. The second-order valence-corrected chi connectivity index (χ2v) is 7.40. The Morgan fingerprint density at radius 3 is 3.04 bits per heavy atom. The summed E-state index contributed by atoms with van der Waals surface area (Å²) >= 11 is 1.43. The van der Waals surface area contributed by atoms with Crippen molar-refractivity contribution in [2.24, 2.45) is 0 Å². The Balaban J connectivity index is 1.40. The Morgan fingerprint density at radius 1 is 1.33 bits per heavy atom. The molecule has 0 radical (unpaired) electrons. The van der Waals surface area contributed by atoms with Crippen LogP contribution in [-0.2, 0) is 11.3 Å². The molecule has 1 aliphatic heterocycles. The molecule has 9 nitrogen and oxygen atoms in total. The molecule has 0 aromatic carbocycles. The van der Waals surface area contributed by atoms with Crippen molar-refractivity contribution in [1.29, 1.82) is 0 Å². The third-order valence-corrected chi connectivity index (χ3v) is 5.71. The normalized spacial score (nSPS) is 16.6. The molecule has 2 N–H and O–H groups in total. The number of H-pyrrole nitrogens is 1. The number of aryl methyl sites for hydroxylation is 1. The zero-order valence-electron chi connectivity index (χ0n) is 14.5. The standard InChI is InChI=1S/C17H19N7O2S/c25-16(6-9-23-11-18-10-20-23)24-8-1-2-12(24)13-3-4-14(27-13)17(26)21-15-5-7-19-22-15/h3-5,7,10-12H,1-2,6,8-9H2,(H2,19,21,22,26)/t12-/m1/s1. The van der Waals surface area contributed by atoms with E-state index in [1.807, 2.05) is 17.0 Å². The van der Waals surface area contributed by atoms with Crippen LogP contribution in [0.3, 0.4) is 0 Å². The molecule has 1 saturated heterocycles. The number of hydrogen-bond donors (Lipinski definition) is 2. The molecule has 1 fully saturated rings.